The molecule has 0 atom stereocenters. The van der Waals surface area contributed by atoms with E-state index >= 15 is 0 Å². The number of para-hydroxylation sites is 3. The molecular weight excluding hydrogens is 611 g/mol. The van der Waals surface area contributed by atoms with Crippen LogP contribution in [-0.2, 0) is 0 Å². The molecule has 0 N–H and O–H groups in total. The van der Waals surface area contributed by atoms with E-state index in [-0.39, 0.29) is 0 Å². The van der Waals surface area contributed by atoms with Gasteiger partial charge in [-0.1, -0.05) is 127 Å². The fourth-order valence-corrected chi connectivity index (χ4v) is 7.21. The van der Waals surface area contributed by atoms with Crippen molar-refractivity contribution < 1.29 is 4.42 Å². The first-order valence-electron chi connectivity index (χ1n) is 16.8. The summed E-state index contributed by atoms with van der Waals surface area (Å²) in [5, 5.41) is 4.66. The zero-order chi connectivity index (χ0) is 33.0. The molecule has 0 bridgehead atoms. The van der Waals surface area contributed by atoms with Gasteiger partial charge in [0.2, 0.25) is 0 Å². The number of fused-ring (bicyclic) bond motifs is 6. The molecule has 10 rings (SSSR count). The Kier molecular flexibility index (Phi) is 6.46. The first-order valence-corrected chi connectivity index (χ1v) is 16.8. The zero-order valence-corrected chi connectivity index (χ0v) is 27.0. The second-order valence-electron chi connectivity index (χ2n) is 12.6. The smallest absolute Gasteiger partial charge is 0.160 e. The van der Waals surface area contributed by atoms with Gasteiger partial charge >= 0.3 is 0 Å². The molecule has 0 saturated carbocycles. The largest absolute Gasteiger partial charge is 0.456 e. The van der Waals surface area contributed by atoms with E-state index in [0.717, 1.165) is 61.3 Å². The van der Waals surface area contributed by atoms with E-state index in [2.05, 4.69) is 156 Å². The number of aromatic nitrogens is 3. The third-order valence-electron chi connectivity index (χ3n) is 9.63. The van der Waals surface area contributed by atoms with Gasteiger partial charge in [-0.15, -0.1) is 0 Å². The second-order valence-corrected chi connectivity index (χ2v) is 12.6. The third kappa shape index (κ3) is 4.69. The highest BCUT2D eigenvalue weighted by atomic mass is 16.3. The molecule has 4 nitrogen and oxygen atoms in total. The Bertz CT molecular complexity index is 2810. The zero-order valence-electron chi connectivity index (χ0n) is 27.0. The van der Waals surface area contributed by atoms with Crippen molar-refractivity contribution in [1.82, 2.24) is 14.5 Å². The first-order chi connectivity index (χ1) is 24.8. The average Bonchev–Trinajstić information content (AvgIpc) is 3.74. The minimum atomic E-state index is 0.664. The summed E-state index contributed by atoms with van der Waals surface area (Å²) in [5.41, 5.74) is 12.1. The lowest BCUT2D eigenvalue weighted by atomic mass is 10.0. The van der Waals surface area contributed by atoms with E-state index in [1.54, 1.807) is 0 Å². The summed E-state index contributed by atoms with van der Waals surface area (Å²) in [6, 6.07) is 61.4. The summed E-state index contributed by atoms with van der Waals surface area (Å²) in [6.45, 7) is 0. The van der Waals surface area contributed by atoms with Crippen LogP contribution in [0.2, 0.25) is 0 Å². The molecule has 4 heteroatoms. The number of rotatable bonds is 5. The van der Waals surface area contributed by atoms with Crippen LogP contribution in [-0.4, -0.2) is 14.5 Å². The van der Waals surface area contributed by atoms with Gasteiger partial charge in [-0.3, -0.25) is 0 Å². The van der Waals surface area contributed by atoms with Crippen LogP contribution in [0.4, 0.5) is 0 Å². The van der Waals surface area contributed by atoms with Crippen LogP contribution in [0, 0.1) is 0 Å². The minimum Gasteiger partial charge on any atom is -0.456 e. The average molecular weight is 640 g/mol. The molecule has 0 amide bonds. The molecule has 0 saturated heterocycles. The summed E-state index contributed by atoms with van der Waals surface area (Å²) >= 11 is 0. The number of nitrogens with zero attached hydrogens (tertiary/aromatic N) is 3. The van der Waals surface area contributed by atoms with E-state index in [0.29, 0.717) is 5.82 Å². The predicted octanol–water partition coefficient (Wildman–Crippen LogP) is 12.1. The van der Waals surface area contributed by atoms with E-state index < -0.39 is 0 Å². The molecule has 0 aliphatic heterocycles. The first kappa shape index (κ1) is 28.3. The second kappa shape index (κ2) is 11.4. The predicted molar refractivity (Wildman–Crippen MR) is 205 cm³/mol. The van der Waals surface area contributed by atoms with Gasteiger partial charge in [0, 0.05) is 43.9 Å². The molecule has 0 spiro atoms. The van der Waals surface area contributed by atoms with Crippen molar-refractivity contribution in [1.29, 1.82) is 0 Å². The quantitative estimate of drug-likeness (QED) is 0.188. The monoisotopic (exact) mass is 639 g/mol. The molecule has 0 aliphatic rings. The maximum absolute atomic E-state index is 6.28. The fourth-order valence-electron chi connectivity index (χ4n) is 7.21. The maximum atomic E-state index is 6.28. The van der Waals surface area contributed by atoms with Gasteiger partial charge in [0.1, 0.15) is 11.2 Å². The fraction of sp³-hybridized carbons (Fsp3) is 0. The molecule has 0 unspecified atom stereocenters. The lowest BCUT2D eigenvalue weighted by Gasteiger charge is -2.12. The van der Waals surface area contributed by atoms with Crippen LogP contribution in [0.1, 0.15) is 0 Å². The maximum Gasteiger partial charge on any atom is 0.160 e. The molecule has 234 valence electrons. The van der Waals surface area contributed by atoms with Crippen LogP contribution >= 0.6 is 0 Å². The van der Waals surface area contributed by atoms with Crippen molar-refractivity contribution in [2.45, 2.75) is 0 Å². The Hall–Kier alpha value is -6.78. The molecule has 7 aromatic carbocycles. The molecule has 50 heavy (non-hydrogen) atoms. The summed E-state index contributed by atoms with van der Waals surface area (Å²) in [5.74, 6) is 0.664. The summed E-state index contributed by atoms with van der Waals surface area (Å²) < 4.78 is 8.61. The van der Waals surface area contributed by atoms with Gasteiger partial charge < -0.3 is 8.98 Å². The molecular formula is C46H29N3O. The highest BCUT2D eigenvalue weighted by Crippen LogP contribution is 2.36. The molecule has 3 heterocycles. The Balaban J connectivity index is 1.14. The van der Waals surface area contributed by atoms with Crippen molar-refractivity contribution in [2.24, 2.45) is 0 Å². The number of hydrogen-bond acceptors (Lipinski definition) is 3. The van der Waals surface area contributed by atoms with Crippen LogP contribution in [0.5, 0.6) is 0 Å². The van der Waals surface area contributed by atoms with Crippen molar-refractivity contribution in [3.8, 4) is 50.7 Å². The van der Waals surface area contributed by atoms with Gasteiger partial charge in [0.25, 0.3) is 0 Å². The molecule has 0 fully saturated rings. The van der Waals surface area contributed by atoms with Crippen molar-refractivity contribution in [2.75, 3.05) is 0 Å². The van der Waals surface area contributed by atoms with Crippen molar-refractivity contribution >= 4 is 43.7 Å². The van der Waals surface area contributed by atoms with Crippen LogP contribution in [0.3, 0.4) is 0 Å². The number of benzene rings is 7. The van der Waals surface area contributed by atoms with Gasteiger partial charge in [-0.25, -0.2) is 9.97 Å². The Labute approximate surface area is 288 Å². The van der Waals surface area contributed by atoms with E-state index in [1.165, 1.54) is 27.4 Å². The molecule has 0 radical (unpaired) electrons. The SMILES string of the molecule is c1ccc(-c2ccc(-c3cc(-c4ccc5c(c4)oc4ccccc45)nc(-c4cccc(-n5c6ccccc6c6ccccc65)c4)n3)cc2)cc1. The third-order valence-corrected chi connectivity index (χ3v) is 9.63. The summed E-state index contributed by atoms with van der Waals surface area (Å²) in [4.78, 5) is 10.4. The van der Waals surface area contributed by atoms with Gasteiger partial charge in [-0.05, 0) is 59.7 Å². The topological polar surface area (TPSA) is 43.9 Å². The molecule has 0 aliphatic carbocycles. The summed E-state index contributed by atoms with van der Waals surface area (Å²) in [7, 11) is 0. The standard InChI is InChI=1S/C46H29N3O/c1-2-11-30(12-3-1)31-21-23-32(24-22-31)40-29-41(33-25-26-39-38-17-6-9-20-44(38)50-45(39)28-33)48-46(47-40)34-13-10-14-35(27-34)49-42-18-7-4-15-36(42)37-16-5-8-19-43(37)49/h1-29H. The number of hydrogen-bond donors (Lipinski definition) is 0. The lowest BCUT2D eigenvalue weighted by Crippen LogP contribution is -1.98. The lowest BCUT2D eigenvalue weighted by molar-refractivity contribution is 0.669. The highest BCUT2D eigenvalue weighted by molar-refractivity contribution is 6.09. The summed E-state index contributed by atoms with van der Waals surface area (Å²) in [6.07, 6.45) is 0. The van der Waals surface area contributed by atoms with Gasteiger partial charge in [-0.2, -0.15) is 0 Å². The van der Waals surface area contributed by atoms with Crippen LogP contribution in [0.25, 0.3) is 94.5 Å². The Morgan fingerprint density at radius 2 is 0.920 bits per heavy atom. The van der Waals surface area contributed by atoms with Gasteiger partial charge in [0.05, 0.1) is 22.4 Å². The van der Waals surface area contributed by atoms with Crippen LogP contribution < -0.4 is 0 Å². The van der Waals surface area contributed by atoms with Crippen molar-refractivity contribution in [3.63, 3.8) is 0 Å². The normalized spacial score (nSPS) is 11.6. The molecule has 3 aromatic heterocycles. The van der Waals surface area contributed by atoms with E-state index in [9.17, 15) is 0 Å². The Morgan fingerprint density at radius 3 is 1.68 bits per heavy atom. The van der Waals surface area contributed by atoms with Crippen molar-refractivity contribution in [3.05, 3.63) is 176 Å². The van der Waals surface area contributed by atoms with E-state index in [4.69, 9.17) is 14.4 Å². The Morgan fingerprint density at radius 1 is 0.360 bits per heavy atom. The highest BCUT2D eigenvalue weighted by Gasteiger charge is 2.16. The number of furan rings is 1. The molecule has 10 aromatic rings. The van der Waals surface area contributed by atoms with E-state index in [1.807, 2.05) is 24.3 Å². The van der Waals surface area contributed by atoms with Crippen LogP contribution in [0.15, 0.2) is 180 Å². The van der Waals surface area contributed by atoms with Gasteiger partial charge in [0.15, 0.2) is 5.82 Å². The minimum absolute atomic E-state index is 0.664.